The van der Waals surface area contributed by atoms with Crippen molar-refractivity contribution in [3.63, 3.8) is 0 Å². The highest BCUT2D eigenvalue weighted by molar-refractivity contribution is 7.92. The van der Waals surface area contributed by atoms with Crippen LogP contribution >= 0.6 is 0 Å². The number of carbonyl (C=O) groups excluding carboxylic acids is 5. The Hall–Kier alpha value is -2.42. The first-order valence-corrected chi connectivity index (χ1v) is 20.5. The molecule has 282 valence electrons. The summed E-state index contributed by atoms with van der Waals surface area (Å²) in [6, 6.07) is -0.723. The average molecular weight is 716 g/mol. The van der Waals surface area contributed by atoms with Crippen LogP contribution < -0.4 is 0 Å². The van der Waals surface area contributed by atoms with Gasteiger partial charge in [-0.15, -0.1) is 13.2 Å². The maximum atomic E-state index is 14.6. The molecule has 8 nitrogen and oxygen atoms in total. The SMILES string of the molecule is C=CCCCC(=O)C(=O)C(CCC=C)CC(=O)[C@@H]1[C@@H]2C(CN1C(=O)[C@@H](CC(=O)CC1(CS(=O)(=O)C(C)(C)C)CCCCC1)C(C)(C)C)C2(C)C. The van der Waals surface area contributed by atoms with Crippen molar-refractivity contribution in [2.24, 2.45) is 39.9 Å². The molecule has 0 N–H and O–H groups in total. The molecule has 0 aromatic heterocycles. The van der Waals surface area contributed by atoms with Crippen LogP contribution in [0, 0.1) is 39.9 Å². The molecule has 0 radical (unpaired) electrons. The molecular formula is C41H65NO7S. The highest BCUT2D eigenvalue weighted by Crippen LogP contribution is 2.65. The lowest BCUT2D eigenvalue weighted by Crippen LogP contribution is -2.51. The lowest BCUT2D eigenvalue weighted by molar-refractivity contribution is -0.148. The zero-order valence-corrected chi connectivity index (χ0v) is 33.1. The molecular weight excluding hydrogens is 651 g/mol. The van der Waals surface area contributed by atoms with Crippen LogP contribution in [0.5, 0.6) is 0 Å². The lowest BCUT2D eigenvalue weighted by Gasteiger charge is -2.40. The van der Waals surface area contributed by atoms with Crippen LogP contribution in [0.2, 0.25) is 0 Å². The maximum Gasteiger partial charge on any atom is 0.227 e. The molecule has 3 fully saturated rings. The minimum atomic E-state index is -3.47. The van der Waals surface area contributed by atoms with Gasteiger partial charge in [0.2, 0.25) is 11.7 Å². The number of ketones is 4. The standard InChI is InChI=1S/C41H65NO7S/c1-11-13-16-20-32(44)36(46)28(19-14-12-2)23-33(45)35-34-31(40(34,9)10)26-42(35)37(47)30(38(3,4)5)24-29(43)25-41(21-17-15-18-22-41)27-50(48,49)39(6,7)8/h11-12,28,30-31,34-35H,1-2,13-27H2,3-10H3/t28?,30-,31?,34+,35-/m1/s1. The molecule has 0 bridgehead atoms. The summed E-state index contributed by atoms with van der Waals surface area (Å²) in [4.78, 5) is 70.6. The monoisotopic (exact) mass is 715 g/mol. The van der Waals surface area contributed by atoms with E-state index in [9.17, 15) is 32.4 Å². The lowest BCUT2D eigenvalue weighted by atomic mass is 9.70. The first-order chi connectivity index (χ1) is 23.0. The fourth-order valence-electron chi connectivity index (χ4n) is 8.62. The van der Waals surface area contributed by atoms with Crippen molar-refractivity contribution < 1.29 is 32.4 Å². The number of Topliss-reactive ketones (excluding diaryl/α,β-unsaturated/α-hetero) is 4. The van der Waals surface area contributed by atoms with E-state index in [1.54, 1.807) is 37.8 Å². The molecule has 5 atom stereocenters. The van der Waals surface area contributed by atoms with Crippen LogP contribution in [0.3, 0.4) is 0 Å². The number of allylic oxidation sites excluding steroid dienone is 2. The summed E-state index contributed by atoms with van der Waals surface area (Å²) in [5, 5.41) is 0. The van der Waals surface area contributed by atoms with Crippen molar-refractivity contribution in [1.82, 2.24) is 4.90 Å². The van der Waals surface area contributed by atoms with E-state index in [1.807, 2.05) is 20.8 Å². The van der Waals surface area contributed by atoms with Gasteiger partial charge >= 0.3 is 0 Å². The number of piperidine rings is 1. The number of carbonyl (C=O) groups is 5. The predicted molar refractivity (Wildman–Crippen MR) is 199 cm³/mol. The molecule has 9 heteroatoms. The summed E-state index contributed by atoms with van der Waals surface area (Å²) in [6.07, 6.45) is 9.58. The van der Waals surface area contributed by atoms with Crippen LogP contribution in [-0.2, 0) is 33.8 Å². The first-order valence-electron chi connectivity index (χ1n) is 18.9. The zero-order valence-electron chi connectivity index (χ0n) is 32.3. The van der Waals surface area contributed by atoms with Gasteiger partial charge in [-0.05, 0) is 87.4 Å². The van der Waals surface area contributed by atoms with E-state index < -0.39 is 54.9 Å². The summed E-state index contributed by atoms with van der Waals surface area (Å²) in [5.41, 5.74) is -1.38. The number of rotatable bonds is 19. The Morgan fingerprint density at radius 2 is 1.50 bits per heavy atom. The number of nitrogens with zero attached hydrogens (tertiary/aromatic N) is 1. The Bertz CT molecular complexity index is 1420. The van der Waals surface area contributed by atoms with Gasteiger partial charge in [-0.1, -0.05) is 66.0 Å². The molecule has 0 spiro atoms. The summed E-state index contributed by atoms with van der Waals surface area (Å²) in [6.45, 7) is 23.0. The van der Waals surface area contributed by atoms with Gasteiger partial charge in [0.1, 0.15) is 5.78 Å². The van der Waals surface area contributed by atoms with Crippen molar-refractivity contribution >= 4 is 38.9 Å². The van der Waals surface area contributed by atoms with Gasteiger partial charge in [-0.25, -0.2) is 8.42 Å². The van der Waals surface area contributed by atoms with E-state index in [4.69, 9.17) is 0 Å². The Kier molecular flexibility index (Phi) is 13.5. The quantitative estimate of drug-likeness (QED) is 0.0764. The minimum Gasteiger partial charge on any atom is -0.332 e. The average Bonchev–Trinajstić information content (AvgIpc) is 3.31. The molecule has 2 saturated carbocycles. The van der Waals surface area contributed by atoms with Gasteiger partial charge in [0, 0.05) is 44.1 Å². The number of likely N-dealkylation sites (tertiary alicyclic amines) is 1. The van der Waals surface area contributed by atoms with Crippen LogP contribution in [0.25, 0.3) is 0 Å². The van der Waals surface area contributed by atoms with E-state index in [1.165, 1.54) is 0 Å². The smallest absolute Gasteiger partial charge is 0.227 e. The second-order valence-electron chi connectivity index (χ2n) is 18.4. The normalized spacial score (nSPS) is 24.1. The van der Waals surface area contributed by atoms with E-state index >= 15 is 0 Å². The molecule has 1 heterocycles. The number of sulfone groups is 1. The highest BCUT2D eigenvalue weighted by Gasteiger charge is 2.69. The van der Waals surface area contributed by atoms with Crippen molar-refractivity contribution in [2.45, 2.75) is 150 Å². The molecule has 0 aromatic carbocycles. The zero-order chi connectivity index (χ0) is 37.9. The van der Waals surface area contributed by atoms with Crippen molar-refractivity contribution in [1.29, 1.82) is 0 Å². The fourth-order valence-corrected chi connectivity index (χ4v) is 10.3. The third-order valence-electron chi connectivity index (χ3n) is 12.1. The molecule has 1 aliphatic heterocycles. The van der Waals surface area contributed by atoms with Gasteiger partial charge in [-0.2, -0.15) is 0 Å². The summed E-state index contributed by atoms with van der Waals surface area (Å²) in [5.74, 6) is -2.98. The Morgan fingerprint density at radius 1 is 0.900 bits per heavy atom. The van der Waals surface area contributed by atoms with Gasteiger partial charge < -0.3 is 4.90 Å². The van der Waals surface area contributed by atoms with Gasteiger partial charge in [0.25, 0.3) is 0 Å². The number of fused-ring (bicyclic) bond motifs is 1. The Labute approximate surface area is 302 Å². The number of unbranched alkanes of at least 4 members (excludes halogenated alkanes) is 1. The molecule has 1 amide bonds. The molecule has 2 aliphatic carbocycles. The van der Waals surface area contributed by atoms with E-state index in [2.05, 4.69) is 27.0 Å². The van der Waals surface area contributed by atoms with Crippen LogP contribution in [0.4, 0.5) is 0 Å². The third kappa shape index (κ3) is 9.71. The van der Waals surface area contributed by atoms with Crippen LogP contribution in [0.15, 0.2) is 25.3 Å². The van der Waals surface area contributed by atoms with E-state index in [-0.39, 0.29) is 66.2 Å². The van der Waals surface area contributed by atoms with Crippen LogP contribution in [0.1, 0.15) is 139 Å². The second-order valence-corrected chi connectivity index (χ2v) is 21.1. The summed E-state index contributed by atoms with van der Waals surface area (Å²) >= 11 is 0. The van der Waals surface area contributed by atoms with E-state index in [0.717, 1.165) is 19.3 Å². The molecule has 50 heavy (non-hydrogen) atoms. The van der Waals surface area contributed by atoms with E-state index in [0.29, 0.717) is 45.1 Å². The Morgan fingerprint density at radius 3 is 2.04 bits per heavy atom. The third-order valence-corrected chi connectivity index (χ3v) is 15.0. The molecule has 3 rings (SSSR count). The first kappa shape index (κ1) is 42.0. The maximum absolute atomic E-state index is 14.6. The van der Waals surface area contributed by atoms with Crippen molar-refractivity contribution in [3.05, 3.63) is 25.3 Å². The second kappa shape index (κ2) is 16.1. The predicted octanol–water partition coefficient (Wildman–Crippen LogP) is 7.68. The number of amides is 1. The largest absolute Gasteiger partial charge is 0.332 e. The molecule has 3 aliphatic rings. The molecule has 2 unspecified atom stereocenters. The van der Waals surface area contributed by atoms with Gasteiger partial charge in [0.05, 0.1) is 16.5 Å². The summed E-state index contributed by atoms with van der Waals surface area (Å²) in [7, 11) is -3.47. The van der Waals surface area contributed by atoms with Crippen LogP contribution in [-0.4, -0.2) is 65.4 Å². The van der Waals surface area contributed by atoms with Gasteiger partial charge in [-0.3, -0.25) is 24.0 Å². The fraction of sp³-hybridized carbons (Fsp3) is 0.780. The van der Waals surface area contributed by atoms with Gasteiger partial charge in [0.15, 0.2) is 21.4 Å². The number of hydrogen-bond acceptors (Lipinski definition) is 7. The van der Waals surface area contributed by atoms with Crippen molar-refractivity contribution in [2.75, 3.05) is 12.3 Å². The summed E-state index contributed by atoms with van der Waals surface area (Å²) < 4.78 is 25.8. The molecule has 1 saturated heterocycles. The highest BCUT2D eigenvalue weighted by atomic mass is 32.2. The Balaban J connectivity index is 1.86. The molecule has 0 aromatic rings. The van der Waals surface area contributed by atoms with Crippen molar-refractivity contribution in [3.8, 4) is 0 Å². The minimum absolute atomic E-state index is 0.0184. The number of hydrogen-bond donors (Lipinski definition) is 0. The topological polar surface area (TPSA) is 123 Å².